The van der Waals surface area contributed by atoms with E-state index in [9.17, 15) is 9.18 Å². The first-order valence-corrected chi connectivity index (χ1v) is 10.2. The van der Waals surface area contributed by atoms with Crippen molar-refractivity contribution in [2.24, 2.45) is 0 Å². The molecular weight excluding hydrogens is 406 g/mol. The van der Waals surface area contributed by atoms with Crippen molar-refractivity contribution in [1.82, 2.24) is 9.38 Å². The normalized spacial score (nSPS) is 24.4. The molecule has 0 amide bonds. The number of imidazole rings is 1. The van der Waals surface area contributed by atoms with Crippen LogP contribution in [0.5, 0.6) is 11.5 Å². The van der Waals surface area contributed by atoms with Crippen LogP contribution in [0, 0.1) is 5.82 Å². The number of fused-ring (bicyclic) bond motifs is 2. The van der Waals surface area contributed by atoms with Gasteiger partial charge in [-0.05, 0) is 38.8 Å². The van der Waals surface area contributed by atoms with E-state index in [1.165, 1.54) is 10.6 Å². The summed E-state index contributed by atoms with van der Waals surface area (Å²) >= 11 is 0. The Bertz CT molecular complexity index is 1150. The Hall–Kier alpha value is -3.00. The van der Waals surface area contributed by atoms with E-state index in [0.29, 0.717) is 30.9 Å². The van der Waals surface area contributed by atoms with Crippen molar-refractivity contribution in [3.05, 3.63) is 59.8 Å². The minimum Gasteiger partial charge on any atom is -0.487 e. The number of hydrogen-bond donors (Lipinski definition) is 0. The SMILES string of the molecule is CC(C)Oc1c(C(=O)Oc2ccccc2)cn2cc(C34COC(CF)(C3)C4)nc2c1F. The number of nitrogens with zero attached hydrogens (tertiary/aromatic N) is 2. The lowest BCUT2D eigenvalue weighted by atomic mass is 9.61. The molecule has 0 N–H and O–H groups in total. The van der Waals surface area contributed by atoms with E-state index in [2.05, 4.69) is 4.98 Å². The topological polar surface area (TPSA) is 62.1 Å². The number of hydrogen-bond acceptors (Lipinski definition) is 5. The molecule has 6 nitrogen and oxygen atoms in total. The zero-order valence-electron chi connectivity index (χ0n) is 17.2. The highest BCUT2D eigenvalue weighted by molar-refractivity contribution is 5.94. The van der Waals surface area contributed by atoms with Gasteiger partial charge in [0.1, 0.15) is 18.0 Å². The monoisotopic (exact) mass is 428 g/mol. The van der Waals surface area contributed by atoms with Gasteiger partial charge in [0.15, 0.2) is 11.4 Å². The molecule has 6 rings (SSSR count). The fourth-order valence-corrected chi connectivity index (χ4v) is 4.54. The van der Waals surface area contributed by atoms with E-state index in [0.717, 1.165) is 0 Å². The zero-order valence-corrected chi connectivity index (χ0v) is 17.2. The molecule has 2 aliphatic heterocycles. The van der Waals surface area contributed by atoms with Gasteiger partial charge >= 0.3 is 5.97 Å². The minimum atomic E-state index is -0.742. The quantitative estimate of drug-likeness (QED) is 0.434. The summed E-state index contributed by atoms with van der Waals surface area (Å²) in [7, 11) is 0. The number of carbonyl (C=O) groups excluding carboxylic acids is 1. The second-order valence-electron chi connectivity index (χ2n) is 8.65. The summed E-state index contributed by atoms with van der Waals surface area (Å²) in [5.74, 6) is -1.34. The molecule has 1 aliphatic carbocycles. The maximum Gasteiger partial charge on any atom is 0.348 e. The van der Waals surface area contributed by atoms with Gasteiger partial charge in [0.2, 0.25) is 5.82 Å². The van der Waals surface area contributed by atoms with Gasteiger partial charge in [0.25, 0.3) is 0 Å². The highest BCUT2D eigenvalue weighted by Gasteiger charge is 2.64. The minimum absolute atomic E-state index is 0.0425. The van der Waals surface area contributed by atoms with Crippen molar-refractivity contribution in [3.8, 4) is 11.5 Å². The number of pyridine rings is 1. The van der Waals surface area contributed by atoms with Gasteiger partial charge in [-0.2, -0.15) is 4.39 Å². The molecule has 162 valence electrons. The Morgan fingerprint density at radius 3 is 2.65 bits per heavy atom. The molecule has 1 aromatic carbocycles. The number of carbonyl (C=O) groups is 1. The molecule has 31 heavy (non-hydrogen) atoms. The van der Waals surface area contributed by atoms with Gasteiger partial charge in [0, 0.05) is 17.8 Å². The van der Waals surface area contributed by atoms with Crippen LogP contribution in [-0.2, 0) is 10.2 Å². The van der Waals surface area contributed by atoms with E-state index >= 15 is 4.39 Å². The van der Waals surface area contributed by atoms with Crippen molar-refractivity contribution >= 4 is 11.6 Å². The summed E-state index contributed by atoms with van der Waals surface area (Å²) in [6.45, 7) is 3.29. The third-order valence-electron chi connectivity index (χ3n) is 5.93. The Morgan fingerprint density at radius 1 is 1.26 bits per heavy atom. The number of esters is 1. The van der Waals surface area contributed by atoms with E-state index < -0.39 is 29.5 Å². The maximum absolute atomic E-state index is 15.5. The standard InChI is InChI=1S/C23H22F2N2O4/c1-14(2)30-19-16(21(28)31-15-6-4-3-5-7-15)8-27-9-17(26-20(27)18(19)25)22-10-23(11-22,12-24)29-13-22/h3-9,14H,10-13H2,1-2H3. The number of para-hydroxylation sites is 1. The Morgan fingerprint density at radius 2 is 2.00 bits per heavy atom. The maximum atomic E-state index is 15.5. The molecule has 1 saturated carbocycles. The number of aromatic nitrogens is 2. The number of ether oxygens (including phenoxy) is 3. The van der Waals surface area contributed by atoms with E-state index in [4.69, 9.17) is 14.2 Å². The molecular formula is C23H22F2N2O4. The first-order chi connectivity index (χ1) is 14.8. The summed E-state index contributed by atoms with van der Waals surface area (Å²) in [5.41, 5.74) is -0.532. The first-order valence-electron chi connectivity index (χ1n) is 10.2. The van der Waals surface area contributed by atoms with Crippen molar-refractivity contribution in [3.63, 3.8) is 0 Å². The fraction of sp³-hybridized carbons (Fsp3) is 0.391. The van der Waals surface area contributed by atoms with Gasteiger partial charge < -0.3 is 18.6 Å². The third kappa shape index (κ3) is 3.17. The summed E-state index contributed by atoms with van der Waals surface area (Å²) in [5, 5.41) is 0. The van der Waals surface area contributed by atoms with Gasteiger partial charge in [-0.3, -0.25) is 0 Å². The van der Waals surface area contributed by atoms with Gasteiger partial charge in [0.05, 0.1) is 24.0 Å². The fourth-order valence-electron chi connectivity index (χ4n) is 4.54. The van der Waals surface area contributed by atoms with Crippen LogP contribution < -0.4 is 9.47 Å². The molecule has 2 bridgehead atoms. The van der Waals surface area contributed by atoms with Crippen molar-refractivity contribution in [2.45, 2.75) is 43.8 Å². The molecule has 0 atom stereocenters. The number of rotatable bonds is 6. The zero-order chi connectivity index (χ0) is 21.8. The molecule has 3 fully saturated rings. The van der Waals surface area contributed by atoms with Crippen molar-refractivity contribution in [2.75, 3.05) is 13.3 Å². The Balaban J connectivity index is 1.56. The van der Waals surface area contributed by atoms with E-state index in [-0.39, 0.29) is 23.1 Å². The molecule has 3 aromatic rings. The van der Waals surface area contributed by atoms with Crippen molar-refractivity contribution in [1.29, 1.82) is 0 Å². The summed E-state index contributed by atoms with van der Waals surface area (Å²) in [6.07, 6.45) is 3.80. The van der Waals surface area contributed by atoms with Crippen LogP contribution in [0.3, 0.4) is 0 Å². The van der Waals surface area contributed by atoms with Crippen LogP contribution in [-0.4, -0.2) is 40.3 Å². The largest absolute Gasteiger partial charge is 0.487 e. The second kappa shape index (κ2) is 7.02. The molecule has 2 saturated heterocycles. The second-order valence-corrected chi connectivity index (χ2v) is 8.65. The van der Waals surface area contributed by atoms with Crippen LogP contribution in [0.15, 0.2) is 42.7 Å². The Kier molecular flexibility index (Phi) is 4.51. The summed E-state index contributed by atoms with van der Waals surface area (Å²) in [4.78, 5) is 17.3. The van der Waals surface area contributed by atoms with Crippen molar-refractivity contribution < 1.29 is 27.8 Å². The van der Waals surface area contributed by atoms with E-state index in [1.807, 2.05) is 0 Å². The van der Waals surface area contributed by atoms with Crippen LogP contribution >= 0.6 is 0 Å². The van der Waals surface area contributed by atoms with Crippen LogP contribution in [0.4, 0.5) is 8.78 Å². The highest BCUT2D eigenvalue weighted by Crippen LogP contribution is 2.58. The van der Waals surface area contributed by atoms with Gasteiger partial charge in [-0.1, -0.05) is 18.2 Å². The average molecular weight is 428 g/mol. The molecule has 0 spiro atoms. The molecule has 8 heteroatoms. The highest BCUT2D eigenvalue weighted by atomic mass is 19.1. The van der Waals surface area contributed by atoms with Crippen LogP contribution in [0.1, 0.15) is 42.7 Å². The third-order valence-corrected chi connectivity index (χ3v) is 5.93. The average Bonchev–Trinajstić information content (AvgIpc) is 3.42. The van der Waals surface area contributed by atoms with Crippen LogP contribution in [0.25, 0.3) is 5.65 Å². The molecule has 2 aromatic heterocycles. The summed E-state index contributed by atoms with van der Waals surface area (Å²) < 4.78 is 46.9. The number of alkyl halides is 1. The van der Waals surface area contributed by atoms with E-state index in [1.54, 1.807) is 50.4 Å². The Labute approximate surface area is 177 Å². The lowest BCUT2D eigenvalue weighted by Gasteiger charge is -2.41. The predicted molar refractivity (Wildman–Crippen MR) is 108 cm³/mol. The number of halogens is 2. The predicted octanol–water partition coefficient (Wildman–Crippen LogP) is 4.25. The van der Waals surface area contributed by atoms with Gasteiger partial charge in [-0.15, -0.1) is 0 Å². The lowest BCUT2D eigenvalue weighted by Crippen LogP contribution is -2.48. The molecule has 0 unspecified atom stereocenters. The smallest absolute Gasteiger partial charge is 0.348 e. The van der Waals surface area contributed by atoms with Crippen LogP contribution in [0.2, 0.25) is 0 Å². The number of benzene rings is 1. The van der Waals surface area contributed by atoms with Gasteiger partial charge in [-0.25, -0.2) is 14.2 Å². The molecule has 0 radical (unpaired) electrons. The lowest BCUT2D eigenvalue weighted by molar-refractivity contribution is -0.0235. The molecule has 3 aliphatic rings. The molecule has 4 heterocycles. The first kappa shape index (κ1) is 19.9. The summed E-state index contributed by atoms with van der Waals surface area (Å²) in [6, 6.07) is 8.54.